The minimum Gasteiger partial charge on any atom is -0.457 e. The first-order valence-corrected chi connectivity index (χ1v) is 10.8. The fraction of sp³-hybridized carbons (Fsp3) is 0.286. The summed E-state index contributed by atoms with van der Waals surface area (Å²) in [6.45, 7) is 3.77. The Morgan fingerprint density at radius 3 is 2.86 bits per heavy atom. The Bertz CT molecular complexity index is 977. The SMILES string of the molecule is O=C1NC(=S)SC1=Cc1ccc(-c2cccc(C(=O)NCCN3CCCC3)c2)o1. The number of benzene rings is 1. The first-order valence-electron chi connectivity index (χ1n) is 9.54. The van der Waals surface area contributed by atoms with Crippen molar-refractivity contribution in [1.82, 2.24) is 15.5 Å². The number of rotatable bonds is 6. The normalized spacial score (nSPS) is 18.4. The third kappa shape index (κ3) is 4.95. The lowest BCUT2D eigenvalue weighted by Gasteiger charge is -2.14. The van der Waals surface area contributed by atoms with Crippen molar-refractivity contribution < 1.29 is 14.0 Å². The number of nitrogens with zero attached hydrogens (tertiary/aromatic N) is 1. The molecule has 2 aromatic rings. The zero-order valence-corrected chi connectivity index (χ0v) is 17.4. The van der Waals surface area contributed by atoms with E-state index in [0.29, 0.717) is 32.9 Å². The second-order valence-electron chi connectivity index (χ2n) is 6.94. The van der Waals surface area contributed by atoms with Gasteiger partial charge in [-0.3, -0.25) is 9.59 Å². The second-order valence-corrected chi connectivity index (χ2v) is 8.66. The first-order chi connectivity index (χ1) is 14.1. The molecule has 0 spiro atoms. The minimum absolute atomic E-state index is 0.0903. The van der Waals surface area contributed by atoms with Gasteiger partial charge in [-0.25, -0.2) is 0 Å². The van der Waals surface area contributed by atoms with Crippen molar-refractivity contribution in [1.29, 1.82) is 0 Å². The number of amides is 2. The van der Waals surface area contributed by atoms with E-state index in [2.05, 4.69) is 15.5 Å². The third-order valence-corrected chi connectivity index (χ3v) is 6.03. The van der Waals surface area contributed by atoms with Crippen LogP contribution >= 0.6 is 24.0 Å². The van der Waals surface area contributed by atoms with Gasteiger partial charge in [0.15, 0.2) is 0 Å². The molecular formula is C21H21N3O3S2. The van der Waals surface area contributed by atoms with E-state index in [9.17, 15) is 9.59 Å². The van der Waals surface area contributed by atoms with Crippen molar-refractivity contribution in [3.05, 3.63) is 52.6 Å². The zero-order chi connectivity index (χ0) is 20.2. The maximum absolute atomic E-state index is 12.5. The topological polar surface area (TPSA) is 74.6 Å². The molecule has 0 aliphatic carbocycles. The molecule has 2 fully saturated rings. The Labute approximate surface area is 178 Å². The van der Waals surface area contributed by atoms with Crippen molar-refractivity contribution in [3.8, 4) is 11.3 Å². The van der Waals surface area contributed by atoms with Gasteiger partial charge in [0.1, 0.15) is 15.8 Å². The summed E-state index contributed by atoms with van der Waals surface area (Å²) < 4.78 is 6.29. The molecule has 29 heavy (non-hydrogen) atoms. The van der Waals surface area contributed by atoms with Gasteiger partial charge < -0.3 is 20.0 Å². The van der Waals surface area contributed by atoms with Crippen molar-refractivity contribution in [2.24, 2.45) is 0 Å². The van der Waals surface area contributed by atoms with Crippen LogP contribution in [0.4, 0.5) is 0 Å². The molecule has 0 unspecified atom stereocenters. The third-order valence-electron chi connectivity index (χ3n) is 4.86. The number of furan rings is 1. The summed E-state index contributed by atoms with van der Waals surface area (Å²) in [7, 11) is 0. The van der Waals surface area contributed by atoms with Crippen LogP contribution in [-0.4, -0.2) is 47.2 Å². The van der Waals surface area contributed by atoms with Crippen LogP contribution in [0.1, 0.15) is 29.0 Å². The van der Waals surface area contributed by atoms with Gasteiger partial charge >= 0.3 is 0 Å². The average molecular weight is 428 g/mol. The Hall–Kier alpha value is -2.42. The van der Waals surface area contributed by atoms with Crippen LogP contribution in [0.25, 0.3) is 17.4 Å². The fourth-order valence-electron chi connectivity index (χ4n) is 3.39. The minimum atomic E-state index is -0.217. The maximum atomic E-state index is 12.5. The predicted molar refractivity (Wildman–Crippen MR) is 118 cm³/mol. The van der Waals surface area contributed by atoms with Gasteiger partial charge in [0.25, 0.3) is 11.8 Å². The number of carbonyl (C=O) groups excluding carboxylic acids is 2. The predicted octanol–water partition coefficient (Wildman–Crippen LogP) is 3.26. The van der Waals surface area contributed by atoms with Gasteiger partial charge in [-0.05, 0) is 50.2 Å². The molecule has 1 aromatic carbocycles. The highest BCUT2D eigenvalue weighted by atomic mass is 32.2. The molecular weight excluding hydrogens is 406 g/mol. The van der Waals surface area contributed by atoms with Gasteiger partial charge in [-0.1, -0.05) is 36.1 Å². The van der Waals surface area contributed by atoms with Gasteiger partial charge in [0, 0.05) is 30.3 Å². The molecule has 2 N–H and O–H groups in total. The van der Waals surface area contributed by atoms with E-state index >= 15 is 0 Å². The van der Waals surface area contributed by atoms with E-state index in [1.807, 2.05) is 24.3 Å². The smallest absolute Gasteiger partial charge is 0.263 e. The molecule has 0 bridgehead atoms. The second kappa shape index (κ2) is 8.94. The molecule has 2 aliphatic heterocycles. The molecule has 4 rings (SSSR count). The number of nitrogens with one attached hydrogen (secondary N) is 2. The fourth-order valence-corrected chi connectivity index (χ4v) is 4.41. The molecule has 150 valence electrons. The summed E-state index contributed by atoms with van der Waals surface area (Å²) >= 11 is 6.20. The van der Waals surface area contributed by atoms with E-state index in [-0.39, 0.29) is 11.8 Å². The molecule has 3 heterocycles. The van der Waals surface area contributed by atoms with Crippen LogP contribution in [0.5, 0.6) is 0 Å². The van der Waals surface area contributed by atoms with Gasteiger partial charge in [-0.15, -0.1) is 0 Å². The lowest BCUT2D eigenvalue weighted by Crippen LogP contribution is -2.33. The van der Waals surface area contributed by atoms with Crippen LogP contribution in [0.3, 0.4) is 0 Å². The largest absolute Gasteiger partial charge is 0.457 e. The highest BCUT2D eigenvalue weighted by Crippen LogP contribution is 2.29. The maximum Gasteiger partial charge on any atom is 0.263 e. The number of likely N-dealkylation sites (tertiary alicyclic amines) is 1. The lowest BCUT2D eigenvalue weighted by molar-refractivity contribution is -0.115. The summed E-state index contributed by atoms with van der Waals surface area (Å²) in [4.78, 5) is 27.1. The Kier molecular flexibility index (Phi) is 6.13. The average Bonchev–Trinajstić information content (AvgIpc) is 3.45. The van der Waals surface area contributed by atoms with Crippen LogP contribution < -0.4 is 10.6 Å². The van der Waals surface area contributed by atoms with E-state index in [0.717, 1.165) is 25.2 Å². The molecule has 0 radical (unpaired) electrons. The molecule has 2 aliphatic rings. The lowest BCUT2D eigenvalue weighted by atomic mass is 10.1. The Morgan fingerprint density at radius 1 is 1.28 bits per heavy atom. The van der Waals surface area contributed by atoms with Gasteiger partial charge in [-0.2, -0.15) is 0 Å². The highest BCUT2D eigenvalue weighted by molar-refractivity contribution is 8.26. The summed E-state index contributed by atoms with van der Waals surface area (Å²) in [6, 6.07) is 11.0. The summed E-state index contributed by atoms with van der Waals surface area (Å²) in [5.41, 5.74) is 1.40. The van der Waals surface area contributed by atoms with Crippen LogP contribution in [0.15, 0.2) is 45.7 Å². The van der Waals surface area contributed by atoms with Crippen LogP contribution in [0.2, 0.25) is 0 Å². The monoisotopic (exact) mass is 427 g/mol. The Morgan fingerprint density at radius 2 is 2.10 bits per heavy atom. The van der Waals surface area contributed by atoms with Crippen molar-refractivity contribution >= 4 is 46.2 Å². The number of hydrogen-bond donors (Lipinski definition) is 2. The van der Waals surface area contributed by atoms with Crippen LogP contribution in [-0.2, 0) is 4.79 Å². The number of thioether (sulfide) groups is 1. The standard InChI is InChI=1S/C21H21N3O3S2/c25-19(22-8-11-24-9-1-2-10-24)15-5-3-4-14(12-15)17-7-6-16(27-17)13-18-20(26)23-21(28)29-18/h3-7,12-13H,1-2,8-11H2,(H,22,25)(H,23,26,28). The molecule has 0 atom stereocenters. The van der Waals surface area contributed by atoms with Gasteiger partial charge in [0.05, 0.1) is 4.91 Å². The van der Waals surface area contributed by atoms with Crippen LogP contribution in [0, 0.1) is 0 Å². The molecule has 0 saturated carbocycles. The molecule has 6 nitrogen and oxygen atoms in total. The molecule has 1 aromatic heterocycles. The number of hydrogen-bond acceptors (Lipinski definition) is 6. The van der Waals surface area contributed by atoms with Crippen molar-refractivity contribution in [3.63, 3.8) is 0 Å². The quantitative estimate of drug-likeness (QED) is 0.545. The number of thiocarbonyl (C=S) groups is 1. The van der Waals surface area contributed by atoms with Gasteiger partial charge in [0.2, 0.25) is 0 Å². The van der Waals surface area contributed by atoms with Crippen molar-refractivity contribution in [2.45, 2.75) is 12.8 Å². The van der Waals surface area contributed by atoms with E-state index in [1.54, 1.807) is 18.2 Å². The van der Waals surface area contributed by atoms with Crippen molar-refractivity contribution in [2.75, 3.05) is 26.2 Å². The van der Waals surface area contributed by atoms with E-state index in [1.165, 1.54) is 24.6 Å². The Balaban J connectivity index is 1.41. The first kappa shape index (κ1) is 19.9. The van der Waals surface area contributed by atoms with E-state index < -0.39 is 0 Å². The molecule has 8 heteroatoms. The summed E-state index contributed by atoms with van der Waals surface area (Å²) in [6.07, 6.45) is 4.15. The summed E-state index contributed by atoms with van der Waals surface area (Å²) in [5, 5.41) is 5.56. The zero-order valence-electron chi connectivity index (χ0n) is 15.8. The number of carbonyl (C=O) groups is 2. The summed E-state index contributed by atoms with van der Waals surface area (Å²) in [5.74, 6) is 0.885. The molecule has 2 saturated heterocycles. The van der Waals surface area contributed by atoms with E-state index in [4.69, 9.17) is 16.6 Å². The highest BCUT2D eigenvalue weighted by Gasteiger charge is 2.22. The molecule has 2 amide bonds.